The number of carbonyl (C=O) groups is 2. The molecular formula is C30H36N8O3. The summed E-state index contributed by atoms with van der Waals surface area (Å²) in [4.78, 5) is 38.9. The van der Waals surface area contributed by atoms with Crippen molar-refractivity contribution in [1.82, 2.24) is 29.5 Å². The summed E-state index contributed by atoms with van der Waals surface area (Å²) < 4.78 is 1.81. The molecule has 214 valence electrons. The van der Waals surface area contributed by atoms with Gasteiger partial charge in [-0.1, -0.05) is 38.1 Å². The van der Waals surface area contributed by atoms with Crippen molar-refractivity contribution in [3.8, 4) is 0 Å². The molecule has 0 bridgehead atoms. The van der Waals surface area contributed by atoms with Gasteiger partial charge in [0.25, 0.3) is 5.91 Å². The van der Waals surface area contributed by atoms with E-state index in [4.69, 9.17) is 0 Å². The van der Waals surface area contributed by atoms with E-state index in [1.807, 2.05) is 41.2 Å². The van der Waals surface area contributed by atoms with Gasteiger partial charge in [0.05, 0.1) is 13.1 Å². The van der Waals surface area contributed by atoms with Gasteiger partial charge in [-0.3, -0.25) is 14.4 Å². The number of amides is 2. The minimum atomic E-state index is -1.12. The Balaban J connectivity index is 1.41. The number of anilines is 3. The van der Waals surface area contributed by atoms with Gasteiger partial charge < -0.3 is 20.2 Å². The zero-order valence-corrected chi connectivity index (χ0v) is 23.6. The lowest BCUT2D eigenvalue weighted by molar-refractivity contribution is 0.0779. The smallest absolute Gasteiger partial charge is 0.413 e. The molecule has 0 aliphatic carbocycles. The Kier molecular flexibility index (Phi) is 10.0. The Bertz CT molecular complexity index is 1420. The number of benzene rings is 2. The first-order valence-corrected chi connectivity index (χ1v) is 13.6. The van der Waals surface area contributed by atoms with Crippen LogP contribution in [0.4, 0.5) is 22.2 Å². The average molecular weight is 557 g/mol. The Hall–Kier alpha value is -4.77. The fourth-order valence-electron chi connectivity index (χ4n) is 4.37. The van der Waals surface area contributed by atoms with Crippen molar-refractivity contribution in [2.75, 3.05) is 43.4 Å². The van der Waals surface area contributed by atoms with Crippen molar-refractivity contribution in [3.63, 3.8) is 0 Å². The zero-order chi connectivity index (χ0) is 29.2. The number of likely N-dealkylation sites (N-methyl/N-ethyl adjacent to an activating group) is 2. The van der Waals surface area contributed by atoms with Crippen molar-refractivity contribution in [1.29, 1.82) is 0 Å². The molecule has 2 aromatic carbocycles. The number of carbonyl (C=O) groups excluding carboxylic acids is 1. The molecule has 0 saturated carbocycles. The second-order valence-corrected chi connectivity index (χ2v) is 9.59. The molecule has 41 heavy (non-hydrogen) atoms. The van der Waals surface area contributed by atoms with E-state index < -0.39 is 6.09 Å². The predicted molar refractivity (Wildman–Crippen MR) is 158 cm³/mol. The van der Waals surface area contributed by atoms with Gasteiger partial charge in [-0.25, -0.2) is 9.78 Å². The van der Waals surface area contributed by atoms with E-state index in [2.05, 4.69) is 39.1 Å². The van der Waals surface area contributed by atoms with Crippen LogP contribution in [0.5, 0.6) is 0 Å². The highest BCUT2D eigenvalue weighted by molar-refractivity contribution is 5.94. The molecule has 4 rings (SSSR count). The monoisotopic (exact) mass is 556 g/mol. The summed E-state index contributed by atoms with van der Waals surface area (Å²) in [6.07, 6.45) is 3.99. The minimum absolute atomic E-state index is 0.0484. The summed E-state index contributed by atoms with van der Waals surface area (Å²) in [7, 11) is 1.81. The van der Waals surface area contributed by atoms with Gasteiger partial charge in [0, 0.05) is 50.0 Å². The van der Waals surface area contributed by atoms with E-state index in [-0.39, 0.29) is 24.2 Å². The van der Waals surface area contributed by atoms with Crippen molar-refractivity contribution in [2.24, 2.45) is 0 Å². The molecule has 0 spiro atoms. The number of aromatic nitrogens is 4. The van der Waals surface area contributed by atoms with Crippen molar-refractivity contribution in [2.45, 2.75) is 26.9 Å². The fraction of sp³-hybridized carbons (Fsp3) is 0.300. The highest BCUT2D eigenvalue weighted by atomic mass is 16.4. The van der Waals surface area contributed by atoms with Crippen LogP contribution in [0.2, 0.25) is 0 Å². The third kappa shape index (κ3) is 8.12. The van der Waals surface area contributed by atoms with Crippen LogP contribution >= 0.6 is 0 Å². The lowest BCUT2D eigenvalue weighted by Crippen LogP contribution is -2.36. The van der Waals surface area contributed by atoms with Gasteiger partial charge in [-0.15, -0.1) is 0 Å². The molecule has 2 N–H and O–H groups in total. The SMILES string of the molecule is CCN(CC)CCN(C)C(=O)c1ccc(Nc2nccc(N(Cc3cccc(Cn4cccn4)c3)C(=O)O)n2)cc1. The van der Waals surface area contributed by atoms with Crippen LogP contribution in [0, 0.1) is 0 Å². The van der Waals surface area contributed by atoms with Crippen LogP contribution in [-0.2, 0) is 13.1 Å². The Morgan fingerprint density at radius 2 is 1.71 bits per heavy atom. The van der Waals surface area contributed by atoms with Gasteiger partial charge in [-0.2, -0.15) is 10.1 Å². The average Bonchev–Trinajstić information content (AvgIpc) is 3.49. The van der Waals surface area contributed by atoms with Crippen molar-refractivity contribution in [3.05, 3.63) is 95.9 Å². The predicted octanol–water partition coefficient (Wildman–Crippen LogP) is 4.56. The van der Waals surface area contributed by atoms with E-state index in [1.54, 1.807) is 48.5 Å². The number of rotatable bonds is 13. The van der Waals surface area contributed by atoms with Crippen LogP contribution in [-0.4, -0.2) is 79.9 Å². The maximum atomic E-state index is 12.8. The summed E-state index contributed by atoms with van der Waals surface area (Å²) in [6, 6.07) is 18.2. The maximum Gasteiger partial charge on any atom is 0.413 e. The van der Waals surface area contributed by atoms with Gasteiger partial charge in [-0.05, 0) is 60.6 Å². The molecule has 2 amide bonds. The fourth-order valence-corrected chi connectivity index (χ4v) is 4.37. The number of nitrogens with zero attached hydrogens (tertiary/aromatic N) is 7. The second-order valence-electron chi connectivity index (χ2n) is 9.59. The summed E-state index contributed by atoms with van der Waals surface area (Å²) in [6.45, 7) is 8.31. The van der Waals surface area contributed by atoms with Gasteiger partial charge in [0.15, 0.2) is 0 Å². The van der Waals surface area contributed by atoms with Crippen LogP contribution in [0.25, 0.3) is 0 Å². The van der Waals surface area contributed by atoms with E-state index in [0.717, 1.165) is 30.8 Å². The molecule has 0 atom stereocenters. The van der Waals surface area contributed by atoms with E-state index in [1.165, 1.54) is 11.1 Å². The summed E-state index contributed by atoms with van der Waals surface area (Å²) in [5, 5.41) is 17.3. The highest BCUT2D eigenvalue weighted by Crippen LogP contribution is 2.20. The van der Waals surface area contributed by atoms with Gasteiger partial charge in [0.1, 0.15) is 5.82 Å². The zero-order valence-electron chi connectivity index (χ0n) is 23.6. The Morgan fingerprint density at radius 1 is 0.951 bits per heavy atom. The highest BCUT2D eigenvalue weighted by Gasteiger charge is 2.18. The standard InChI is InChI=1S/C30H36N8O3/c1-4-36(5-2)19-18-35(3)28(39)25-10-12-26(13-11-25)33-29-31-16-14-27(34-29)38(30(40)41)22-24-9-6-8-23(20-24)21-37-17-7-15-32-37/h6-17,20H,4-5,18-19,21-22H2,1-3H3,(H,40,41)(H,31,33,34). The molecule has 0 fully saturated rings. The Labute approximate surface area is 240 Å². The van der Waals surface area contributed by atoms with Crippen molar-refractivity contribution >= 4 is 29.5 Å². The normalized spacial score (nSPS) is 10.9. The molecule has 0 saturated heterocycles. The molecule has 11 heteroatoms. The number of hydrogen-bond acceptors (Lipinski definition) is 7. The molecule has 2 aromatic heterocycles. The van der Waals surface area contributed by atoms with Crippen LogP contribution < -0.4 is 10.2 Å². The minimum Gasteiger partial charge on any atom is -0.465 e. The first-order valence-electron chi connectivity index (χ1n) is 13.6. The van der Waals surface area contributed by atoms with Gasteiger partial charge in [0.2, 0.25) is 5.95 Å². The van der Waals surface area contributed by atoms with Crippen LogP contribution in [0.3, 0.4) is 0 Å². The maximum absolute atomic E-state index is 12.8. The van der Waals surface area contributed by atoms with Crippen LogP contribution in [0.15, 0.2) is 79.3 Å². The first-order chi connectivity index (χ1) is 19.9. The van der Waals surface area contributed by atoms with E-state index in [0.29, 0.717) is 24.3 Å². The molecule has 0 unspecified atom stereocenters. The molecule has 0 radical (unpaired) electrons. The molecule has 0 aliphatic heterocycles. The first kappa shape index (κ1) is 29.2. The van der Waals surface area contributed by atoms with Crippen LogP contribution in [0.1, 0.15) is 35.3 Å². The summed E-state index contributed by atoms with van der Waals surface area (Å²) >= 11 is 0. The lowest BCUT2D eigenvalue weighted by atomic mass is 10.1. The molecule has 2 heterocycles. The third-order valence-corrected chi connectivity index (χ3v) is 6.76. The second kappa shape index (κ2) is 14.0. The molecule has 11 nitrogen and oxygen atoms in total. The number of hydrogen-bond donors (Lipinski definition) is 2. The largest absolute Gasteiger partial charge is 0.465 e. The molecule has 0 aliphatic rings. The lowest BCUT2D eigenvalue weighted by Gasteiger charge is -2.23. The van der Waals surface area contributed by atoms with E-state index >= 15 is 0 Å². The third-order valence-electron chi connectivity index (χ3n) is 6.76. The molecular weight excluding hydrogens is 520 g/mol. The van der Waals surface area contributed by atoms with E-state index in [9.17, 15) is 14.7 Å². The van der Waals surface area contributed by atoms with Crippen molar-refractivity contribution < 1.29 is 14.7 Å². The molecule has 4 aromatic rings. The quantitative estimate of drug-likeness (QED) is 0.246. The summed E-state index contributed by atoms with van der Waals surface area (Å²) in [5.74, 6) is 0.443. The Morgan fingerprint density at radius 3 is 2.39 bits per heavy atom. The van der Waals surface area contributed by atoms with Gasteiger partial charge >= 0.3 is 6.09 Å². The summed E-state index contributed by atoms with van der Waals surface area (Å²) in [5.41, 5.74) is 3.10. The topological polar surface area (TPSA) is 120 Å². The number of carboxylic acid groups (broad SMARTS) is 1. The number of nitrogens with one attached hydrogen (secondary N) is 1.